The van der Waals surface area contributed by atoms with E-state index in [0.717, 1.165) is 42.7 Å². The molecule has 1 N–H and O–H groups in total. The van der Waals surface area contributed by atoms with Gasteiger partial charge in [0, 0.05) is 24.5 Å². The zero-order chi connectivity index (χ0) is 16.4. The van der Waals surface area contributed by atoms with Gasteiger partial charge in [0.1, 0.15) is 5.82 Å². The van der Waals surface area contributed by atoms with Crippen LogP contribution in [0.3, 0.4) is 0 Å². The number of nitrogens with zero attached hydrogens (tertiary/aromatic N) is 3. The molecule has 1 aromatic carbocycles. The van der Waals surface area contributed by atoms with Gasteiger partial charge in [0.15, 0.2) is 11.5 Å². The molecule has 0 radical (unpaired) electrons. The van der Waals surface area contributed by atoms with Gasteiger partial charge in [-0.25, -0.2) is 4.98 Å². The molecule has 23 heavy (non-hydrogen) atoms. The van der Waals surface area contributed by atoms with Crippen LogP contribution < -0.4 is 19.7 Å². The third-order valence-corrected chi connectivity index (χ3v) is 4.51. The van der Waals surface area contributed by atoms with Crippen molar-refractivity contribution in [2.75, 3.05) is 39.3 Å². The molecule has 0 amide bonds. The normalized spacial score (nSPS) is 15.7. The molecule has 0 spiro atoms. The fraction of sp³-hybridized carbons (Fsp3) is 0.500. The second-order valence-electron chi connectivity index (χ2n) is 5.63. The van der Waals surface area contributed by atoms with Gasteiger partial charge in [0.05, 0.1) is 19.7 Å². The number of ether oxygens (including phenoxy) is 2. The lowest BCUT2D eigenvalue weighted by molar-refractivity contribution is 0.355. The maximum atomic E-state index is 6.14. The number of fused-ring (bicyclic) bond motifs is 1. The number of aromatic nitrogens is 2. The van der Waals surface area contributed by atoms with Crippen LogP contribution in [0.4, 0.5) is 5.82 Å². The molecule has 2 aromatic rings. The third-order valence-electron chi connectivity index (χ3n) is 4.34. The van der Waals surface area contributed by atoms with Crippen molar-refractivity contribution < 1.29 is 9.47 Å². The number of anilines is 1. The monoisotopic (exact) mass is 336 g/mol. The van der Waals surface area contributed by atoms with Gasteiger partial charge in [-0.05, 0) is 43.6 Å². The van der Waals surface area contributed by atoms with Crippen molar-refractivity contribution in [2.45, 2.75) is 18.9 Å². The van der Waals surface area contributed by atoms with E-state index in [1.807, 2.05) is 12.1 Å². The summed E-state index contributed by atoms with van der Waals surface area (Å²) in [6.45, 7) is 2.03. The van der Waals surface area contributed by atoms with Gasteiger partial charge in [0.25, 0.3) is 0 Å². The van der Waals surface area contributed by atoms with Gasteiger partial charge in [-0.2, -0.15) is 4.98 Å². The fourth-order valence-corrected chi connectivity index (χ4v) is 3.22. The largest absolute Gasteiger partial charge is 0.493 e. The van der Waals surface area contributed by atoms with E-state index in [0.29, 0.717) is 17.5 Å². The van der Waals surface area contributed by atoms with E-state index in [9.17, 15) is 0 Å². The molecule has 7 heteroatoms. The molecule has 2 heterocycles. The molecule has 1 aromatic heterocycles. The van der Waals surface area contributed by atoms with Crippen LogP contribution in [0, 0.1) is 0 Å². The molecule has 0 bridgehead atoms. The number of nitrogens with one attached hydrogen (secondary N) is 1. The molecule has 0 saturated carbocycles. The summed E-state index contributed by atoms with van der Waals surface area (Å²) in [6.07, 6.45) is 2.15. The van der Waals surface area contributed by atoms with Crippen LogP contribution in [0.1, 0.15) is 12.8 Å². The minimum Gasteiger partial charge on any atom is -0.493 e. The standard InChI is InChI=1S/C16H21ClN4O2/c1-21(10-4-6-18-7-5-10)15-11-8-13(22-2)14(23-3)9-12(11)19-16(17)20-15/h8-10,18H,4-7H2,1-3H3. The first kappa shape index (κ1) is 16.1. The predicted molar refractivity (Wildman–Crippen MR) is 91.9 cm³/mol. The Hall–Kier alpha value is -1.79. The average Bonchev–Trinajstić information content (AvgIpc) is 2.59. The van der Waals surface area contributed by atoms with Gasteiger partial charge < -0.3 is 19.7 Å². The van der Waals surface area contributed by atoms with Crippen molar-refractivity contribution in [3.8, 4) is 11.5 Å². The van der Waals surface area contributed by atoms with Crippen molar-refractivity contribution in [3.63, 3.8) is 0 Å². The number of methoxy groups -OCH3 is 2. The molecule has 124 valence electrons. The number of hydrogen-bond donors (Lipinski definition) is 1. The highest BCUT2D eigenvalue weighted by Gasteiger charge is 2.22. The Bertz CT molecular complexity index is 704. The molecule has 1 fully saturated rings. The molecule has 3 rings (SSSR count). The molecule has 6 nitrogen and oxygen atoms in total. The quantitative estimate of drug-likeness (QED) is 0.866. The molecule has 0 atom stereocenters. The van der Waals surface area contributed by atoms with E-state index in [1.165, 1.54) is 0 Å². The van der Waals surface area contributed by atoms with Crippen LogP contribution in [0.15, 0.2) is 12.1 Å². The number of piperidine rings is 1. The topological polar surface area (TPSA) is 59.5 Å². The Morgan fingerprint density at radius 1 is 1.13 bits per heavy atom. The zero-order valence-corrected chi connectivity index (χ0v) is 14.4. The second-order valence-corrected chi connectivity index (χ2v) is 5.97. The van der Waals surface area contributed by atoms with Gasteiger partial charge in [0.2, 0.25) is 5.28 Å². The van der Waals surface area contributed by atoms with E-state index in [4.69, 9.17) is 21.1 Å². The summed E-state index contributed by atoms with van der Waals surface area (Å²) in [7, 11) is 5.29. The Morgan fingerprint density at radius 2 is 1.78 bits per heavy atom. The van der Waals surface area contributed by atoms with E-state index in [1.54, 1.807) is 14.2 Å². The minimum atomic E-state index is 0.237. The van der Waals surface area contributed by atoms with Crippen molar-refractivity contribution in [2.24, 2.45) is 0 Å². The van der Waals surface area contributed by atoms with Gasteiger partial charge in [-0.15, -0.1) is 0 Å². The lowest BCUT2D eigenvalue weighted by Gasteiger charge is -2.33. The SMILES string of the molecule is COc1cc2nc(Cl)nc(N(C)C3CCNCC3)c2cc1OC. The third kappa shape index (κ3) is 3.14. The second kappa shape index (κ2) is 6.76. The highest BCUT2D eigenvalue weighted by atomic mass is 35.5. The van der Waals surface area contributed by atoms with Crippen molar-refractivity contribution >= 4 is 28.3 Å². The average molecular weight is 337 g/mol. The lowest BCUT2D eigenvalue weighted by atomic mass is 10.0. The van der Waals surface area contributed by atoms with Crippen LogP contribution >= 0.6 is 11.6 Å². The summed E-state index contributed by atoms with van der Waals surface area (Å²) >= 11 is 6.14. The van der Waals surface area contributed by atoms with Crippen molar-refractivity contribution in [3.05, 3.63) is 17.4 Å². The first-order valence-electron chi connectivity index (χ1n) is 7.67. The fourth-order valence-electron chi connectivity index (χ4n) is 3.05. The van der Waals surface area contributed by atoms with Crippen LogP contribution in [-0.4, -0.2) is 50.4 Å². The summed E-state index contributed by atoms with van der Waals surface area (Å²) in [5.41, 5.74) is 0.749. The molecule has 0 unspecified atom stereocenters. The summed E-state index contributed by atoms with van der Waals surface area (Å²) in [5.74, 6) is 2.11. The molecular formula is C16H21ClN4O2. The van der Waals surface area contributed by atoms with Crippen LogP contribution in [-0.2, 0) is 0 Å². The number of halogens is 1. The number of rotatable bonds is 4. The summed E-state index contributed by atoms with van der Waals surface area (Å²) in [6, 6.07) is 4.18. The summed E-state index contributed by atoms with van der Waals surface area (Å²) in [5, 5.41) is 4.53. The Morgan fingerprint density at radius 3 is 2.43 bits per heavy atom. The van der Waals surface area contributed by atoms with Crippen LogP contribution in [0.25, 0.3) is 10.9 Å². The maximum absolute atomic E-state index is 6.14. The van der Waals surface area contributed by atoms with Gasteiger partial charge >= 0.3 is 0 Å². The van der Waals surface area contributed by atoms with Crippen LogP contribution in [0.2, 0.25) is 5.28 Å². The first-order chi connectivity index (χ1) is 11.1. The van der Waals surface area contributed by atoms with Gasteiger partial charge in [-0.3, -0.25) is 0 Å². The van der Waals surface area contributed by atoms with Gasteiger partial charge in [-0.1, -0.05) is 0 Å². The van der Waals surface area contributed by atoms with E-state index in [-0.39, 0.29) is 5.28 Å². The number of benzene rings is 1. The predicted octanol–water partition coefficient (Wildman–Crippen LogP) is 2.49. The maximum Gasteiger partial charge on any atom is 0.224 e. The van der Waals surface area contributed by atoms with E-state index >= 15 is 0 Å². The highest BCUT2D eigenvalue weighted by molar-refractivity contribution is 6.28. The first-order valence-corrected chi connectivity index (χ1v) is 8.04. The summed E-state index contributed by atoms with van der Waals surface area (Å²) in [4.78, 5) is 11.0. The molecule has 1 saturated heterocycles. The smallest absolute Gasteiger partial charge is 0.224 e. The van der Waals surface area contributed by atoms with Crippen molar-refractivity contribution in [1.29, 1.82) is 0 Å². The molecule has 1 aliphatic rings. The van der Waals surface area contributed by atoms with Crippen LogP contribution in [0.5, 0.6) is 11.5 Å². The zero-order valence-electron chi connectivity index (χ0n) is 13.6. The molecule has 0 aliphatic carbocycles. The highest BCUT2D eigenvalue weighted by Crippen LogP contribution is 2.36. The Labute approximate surface area is 140 Å². The molecule has 1 aliphatic heterocycles. The van der Waals surface area contributed by atoms with E-state index in [2.05, 4.69) is 27.2 Å². The molecular weight excluding hydrogens is 316 g/mol. The number of hydrogen-bond acceptors (Lipinski definition) is 6. The summed E-state index contributed by atoms with van der Waals surface area (Å²) < 4.78 is 10.8. The lowest BCUT2D eigenvalue weighted by Crippen LogP contribution is -2.41. The minimum absolute atomic E-state index is 0.237. The van der Waals surface area contributed by atoms with E-state index < -0.39 is 0 Å². The Kier molecular flexibility index (Phi) is 4.73. The van der Waals surface area contributed by atoms with Crippen molar-refractivity contribution in [1.82, 2.24) is 15.3 Å². The Balaban J connectivity index is 2.11.